The van der Waals surface area contributed by atoms with Crippen LogP contribution in [0.2, 0.25) is 0 Å². The van der Waals surface area contributed by atoms with E-state index in [0.29, 0.717) is 17.5 Å². The van der Waals surface area contributed by atoms with Gasteiger partial charge < -0.3 is 13.7 Å². The van der Waals surface area contributed by atoms with Crippen molar-refractivity contribution in [1.82, 2.24) is 52.4 Å². The average molecular weight is 1650 g/mol. The lowest BCUT2D eigenvalue weighted by Gasteiger charge is -2.13. The Kier molecular flexibility index (Phi) is 17.7. The Morgan fingerprint density at radius 1 is 0.155 bits per heavy atom. The standard InChI is InChI=1S/C45H30N4.C37H23N3.C36H22N4/c1-3-11-35(12-4-1)43-46-44(36-13-5-2-6-14-36)48-45(47-43)37-25-23-33(24-26-37)31-19-21-32(22-20-31)34-27-29-38(30-28-34)49-41-17-9-7-15-39(41)40-16-8-10-18-42(40)49;1-2-15-30-27(12-1)31-23-25(20-21-35(31)40-36-19-8-5-16-32(36)38-37(30)40)24-10-9-11-26(22-24)39-33-17-6-3-13-28(33)29-14-4-7-18-34(29)39;1-4-15-31-26(11-1)27-12-2-5-16-32(27)39(31)25-10-7-9-23(21-25)24-18-19-33-29(22-24)35-28(13-8-20-37-35)36-38-30-14-3-6-17-34(30)40(33)36/h1-30H;1-23H;1-22H. The Balaban J connectivity index is 0.000000105. The van der Waals surface area contributed by atoms with Crippen LogP contribution < -0.4 is 0 Å². The summed E-state index contributed by atoms with van der Waals surface area (Å²) in [6, 6.07) is 159. The second-order valence-corrected chi connectivity index (χ2v) is 32.9. The number of pyridine rings is 3. The predicted molar refractivity (Wildman–Crippen MR) is 534 cm³/mol. The van der Waals surface area contributed by atoms with E-state index in [0.717, 1.165) is 106 Å². The largest absolute Gasteiger partial charge is 0.309 e. The lowest BCUT2D eigenvalue weighted by molar-refractivity contribution is 1.07. The van der Waals surface area contributed by atoms with Crippen molar-refractivity contribution in [2.75, 3.05) is 0 Å². The van der Waals surface area contributed by atoms with Gasteiger partial charge in [0.2, 0.25) is 0 Å². The van der Waals surface area contributed by atoms with Gasteiger partial charge in [0.1, 0.15) is 11.3 Å². The van der Waals surface area contributed by atoms with Crippen molar-refractivity contribution in [3.63, 3.8) is 0 Å². The van der Waals surface area contributed by atoms with Crippen LogP contribution in [0.3, 0.4) is 0 Å². The van der Waals surface area contributed by atoms with Gasteiger partial charge in [-0.1, -0.05) is 315 Å². The summed E-state index contributed by atoms with van der Waals surface area (Å²) in [7, 11) is 0. The third-order valence-electron chi connectivity index (χ3n) is 25.5. The van der Waals surface area contributed by atoms with Crippen molar-refractivity contribution in [3.8, 4) is 95.7 Å². The van der Waals surface area contributed by atoms with Gasteiger partial charge in [-0.05, 0) is 183 Å². The molecule has 0 spiro atoms. The first-order valence-electron chi connectivity index (χ1n) is 43.6. The summed E-state index contributed by atoms with van der Waals surface area (Å²) in [6.45, 7) is 0. The topological polar surface area (TPSA) is 101 Å². The molecule has 0 aliphatic rings. The molecule has 0 saturated carbocycles. The zero-order valence-electron chi connectivity index (χ0n) is 69.7. The summed E-state index contributed by atoms with van der Waals surface area (Å²) in [5.41, 5.74) is 32.5. The van der Waals surface area contributed by atoms with Gasteiger partial charge in [-0.3, -0.25) is 13.8 Å². The van der Waals surface area contributed by atoms with Crippen LogP contribution in [0.4, 0.5) is 0 Å². The molecule has 129 heavy (non-hydrogen) atoms. The molecule has 0 unspecified atom stereocenters. The molecule has 9 aromatic heterocycles. The number of fused-ring (bicyclic) bond motifs is 25. The molecule has 0 radical (unpaired) electrons. The van der Waals surface area contributed by atoms with E-state index in [4.69, 9.17) is 29.9 Å². The smallest absolute Gasteiger partial charge is 0.164 e. The van der Waals surface area contributed by atoms with E-state index in [2.05, 4.69) is 399 Å². The molecule has 0 fully saturated rings. The monoisotopic (exact) mass is 1650 g/mol. The Hall–Kier alpha value is -17.5. The van der Waals surface area contributed by atoms with Crippen LogP contribution in [0.5, 0.6) is 0 Å². The van der Waals surface area contributed by atoms with E-state index in [1.165, 1.54) is 115 Å². The van der Waals surface area contributed by atoms with Gasteiger partial charge in [0.15, 0.2) is 17.5 Å². The minimum Gasteiger partial charge on any atom is -0.309 e. The fraction of sp³-hybridized carbons (Fsp3) is 0. The van der Waals surface area contributed by atoms with E-state index in [1.807, 2.05) is 79.0 Å². The van der Waals surface area contributed by atoms with Gasteiger partial charge in [-0.2, -0.15) is 0 Å². The molecule has 27 rings (SSSR count). The Labute approximate surface area is 740 Å². The van der Waals surface area contributed by atoms with Crippen molar-refractivity contribution in [2.45, 2.75) is 0 Å². The molecule has 0 aliphatic carbocycles. The maximum Gasteiger partial charge on any atom is 0.164 e. The highest BCUT2D eigenvalue weighted by atomic mass is 15.1. The Bertz CT molecular complexity index is 8550. The van der Waals surface area contributed by atoms with Gasteiger partial charge in [0, 0.05) is 93.8 Å². The summed E-state index contributed by atoms with van der Waals surface area (Å²) in [5.74, 6) is 1.97. The van der Waals surface area contributed by atoms with Gasteiger partial charge in [-0.15, -0.1) is 0 Å². The second kappa shape index (κ2) is 30.8. The molecule has 11 heteroatoms. The molecule has 0 bridgehead atoms. The van der Waals surface area contributed by atoms with Gasteiger partial charge in [0.25, 0.3) is 0 Å². The van der Waals surface area contributed by atoms with Crippen LogP contribution in [-0.2, 0) is 0 Å². The lowest BCUT2D eigenvalue weighted by atomic mass is 9.99. The highest BCUT2D eigenvalue weighted by Crippen LogP contribution is 2.42. The molecular formula is C118H75N11. The molecule has 18 aromatic carbocycles. The Morgan fingerprint density at radius 2 is 0.450 bits per heavy atom. The molecule has 27 aromatic rings. The van der Waals surface area contributed by atoms with Crippen molar-refractivity contribution in [2.24, 2.45) is 0 Å². The van der Waals surface area contributed by atoms with Crippen molar-refractivity contribution in [1.29, 1.82) is 0 Å². The summed E-state index contributed by atoms with van der Waals surface area (Å²) in [5, 5.41) is 13.4. The number of nitrogens with zero attached hydrogens (tertiary/aromatic N) is 11. The highest BCUT2D eigenvalue weighted by Gasteiger charge is 2.22. The number of hydrogen-bond donors (Lipinski definition) is 0. The summed E-state index contributed by atoms with van der Waals surface area (Å²) in [4.78, 5) is 29.4. The maximum atomic E-state index is 5.02. The van der Waals surface area contributed by atoms with Crippen LogP contribution >= 0.6 is 0 Å². The number of para-hydroxylation sites is 10. The van der Waals surface area contributed by atoms with Crippen LogP contribution in [0.15, 0.2) is 455 Å². The van der Waals surface area contributed by atoms with Gasteiger partial charge in [0.05, 0.1) is 71.7 Å². The predicted octanol–water partition coefficient (Wildman–Crippen LogP) is 29.8. The molecule has 9 heterocycles. The number of aromatic nitrogens is 11. The third kappa shape index (κ3) is 12.7. The highest BCUT2D eigenvalue weighted by molar-refractivity contribution is 6.17. The summed E-state index contributed by atoms with van der Waals surface area (Å²) in [6.07, 6.45) is 1.87. The van der Waals surface area contributed by atoms with E-state index in [-0.39, 0.29) is 0 Å². The molecule has 602 valence electrons. The molecule has 0 atom stereocenters. The van der Waals surface area contributed by atoms with Crippen LogP contribution in [0.25, 0.3) is 238 Å². The zero-order valence-corrected chi connectivity index (χ0v) is 69.7. The zero-order chi connectivity index (χ0) is 85.0. The van der Waals surface area contributed by atoms with Crippen molar-refractivity contribution >= 4 is 142 Å². The number of imidazole rings is 2. The maximum absolute atomic E-state index is 5.02. The third-order valence-corrected chi connectivity index (χ3v) is 25.5. The van der Waals surface area contributed by atoms with Crippen molar-refractivity contribution in [3.05, 3.63) is 455 Å². The first-order valence-corrected chi connectivity index (χ1v) is 43.6. The fourth-order valence-corrected chi connectivity index (χ4v) is 19.5. The van der Waals surface area contributed by atoms with Crippen LogP contribution in [-0.4, -0.2) is 52.4 Å². The normalized spacial score (nSPS) is 11.7. The first-order chi connectivity index (χ1) is 64.0. The van der Waals surface area contributed by atoms with Crippen LogP contribution in [0.1, 0.15) is 0 Å². The van der Waals surface area contributed by atoms with E-state index in [1.54, 1.807) is 0 Å². The van der Waals surface area contributed by atoms with Gasteiger partial charge in [-0.25, -0.2) is 24.9 Å². The quantitative estimate of drug-likeness (QED) is 0.126. The minimum atomic E-state index is 0.652. The second-order valence-electron chi connectivity index (χ2n) is 32.9. The summed E-state index contributed by atoms with van der Waals surface area (Å²) >= 11 is 0. The number of rotatable bonds is 10. The molecule has 0 amide bonds. The first kappa shape index (κ1) is 74.1. The minimum absolute atomic E-state index is 0.652. The summed E-state index contributed by atoms with van der Waals surface area (Å²) < 4.78 is 11.7. The van der Waals surface area contributed by atoms with Gasteiger partial charge >= 0.3 is 0 Å². The van der Waals surface area contributed by atoms with Crippen LogP contribution in [0, 0.1) is 0 Å². The molecule has 11 nitrogen and oxygen atoms in total. The lowest BCUT2D eigenvalue weighted by Crippen LogP contribution is -2.00. The van der Waals surface area contributed by atoms with E-state index < -0.39 is 0 Å². The SMILES string of the molecule is c1cc(-c2ccc3c(c2)c2ccccc2c2nc4ccccc4n32)cc(-n2c3ccccc3c3ccccc32)c1.c1cc(-c2ccc3c(c2)c2ncccc2c2nc4ccccc4n32)cc(-n2c3ccccc3c3ccccc32)c1.c1ccc(-c2nc(-c3ccccc3)nc(-c3ccc(-c4ccc(-c5ccc(-n6c7ccccc7c7ccccc76)cc5)cc4)cc3)n2)cc1. The molecule has 0 saturated heterocycles. The van der Waals surface area contributed by atoms with Crippen molar-refractivity contribution < 1.29 is 0 Å². The fourth-order valence-electron chi connectivity index (χ4n) is 19.5. The van der Waals surface area contributed by atoms with E-state index >= 15 is 0 Å². The Morgan fingerprint density at radius 3 is 0.876 bits per heavy atom. The average Bonchev–Trinajstić information content (AvgIpc) is 1.58. The molecule has 0 aliphatic heterocycles. The number of benzene rings is 18. The molecular weight excluding hydrogens is 1570 g/mol. The molecule has 0 N–H and O–H groups in total. The van der Waals surface area contributed by atoms with E-state index in [9.17, 15) is 0 Å². The number of hydrogen-bond acceptors (Lipinski definition) is 6.